The van der Waals surface area contributed by atoms with E-state index in [0.29, 0.717) is 6.42 Å². The van der Waals surface area contributed by atoms with Gasteiger partial charge in [0, 0.05) is 39.8 Å². The van der Waals surface area contributed by atoms with Crippen molar-refractivity contribution >= 4 is 23.9 Å². The second-order valence-electron chi connectivity index (χ2n) is 13.6. The molecule has 0 spiro atoms. The van der Waals surface area contributed by atoms with Crippen LogP contribution in [0.25, 0.3) is 0 Å². The monoisotopic (exact) mass is 619 g/mol. The fourth-order valence-corrected chi connectivity index (χ4v) is 7.42. The number of halogens is 3. The Balaban J connectivity index is 1.65. The Labute approximate surface area is 250 Å². The number of methoxy groups -OCH3 is 1. The van der Waals surface area contributed by atoms with Crippen molar-refractivity contribution in [2.45, 2.75) is 121 Å². The van der Waals surface area contributed by atoms with Gasteiger partial charge in [0.05, 0.1) is 30.1 Å². The Morgan fingerprint density at radius 3 is 2.12 bits per heavy atom. The average Bonchev–Trinajstić information content (AvgIpc) is 3.62. The van der Waals surface area contributed by atoms with Crippen molar-refractivity contribution in [1.29, 1.82) is 0 Å². The summed E-state index contributed by atoms with van der Waals surface area (Å²) in [6, 6.07) is -2.48. The molecule has 1 saturated carbocycles. The molecule has 3 heterocycles. The Kier molecular flexibility index (Phi) is 9.07. The minimum atomic E-state index is -5.14. The fraction of sp³-hybridized carbons (Fsp3) is 0.862. The summed E-state index contributed by atoms with van der Waals surface area (Å²) < 4.78 is 64.1. The summed E-state index contributed by atoms with van der Waals surface area (Å²) in [5.41, 5.74) is -3.50. The van der Waals surface area contributed by atoms with Crippen LogP contribution >= 0.6 is 0 Å². The Hall–Kier alpha value is -2.61. The number of esters is 1. The molecule has 0 N–H and O–H groups in total. The van der Waals surface area contributed by atoms with Gasteiger partial charge in [-0.3, -0.25) is 14.4 Å². The molecule has 4 rings (SSSR count). The number of fused-ring (bicyclic) bond motifs is 2. The van der Waals surface area contributed by atoms with Crippen molar-refractivity contribution in [1.82, 2.24) is 14.7 Å². The van der Waals surface area contributed by atoms with Crippen molar-refractivity contribution in [3.05, 3.63) is 0 Å². The van der Waals surface area contributed by atoms with Crippen LogP contribution in [-0.4, -0.2) is 120 Å². The van der Waals surface area contributed by atoms with E-state index in [9.17, 15) is 32.3 Å². The third-order valence-corrected chi connectivity index (χ3v) is 9.38. The van der Waals surface area contributed by atoms with Crippen molar-refractivity contribution < 1.29 is 51.3 Å². The quantitative estimate of drug-likeness (QED) is 0.417. The van der Waals surface area contributed by atoms with Crippen molar-refractivity contribution in [3.63, 3.8) is 0 Å². The molecular weight excluding hydrogens is 575 g/mol. The van der Waals surface area contributed by atoms with Crippen molar-refractivity contribution in [2.24, 2.45) is 5.41 Å². The van der Waals surface area contributed by atoms with Gasteiger partial charge in [-0.25, -0.2) is 4.79 Å². The highest BCUT2D eigenvalue weighted by atomic mass is 19.4. The van der Waals surface area contributed by atoms with Crippen LogP contribution in [-0.2, 0) is 33.3 Å². The first-order chi connectivity index (χ1) is 19.8. The molecule has 11 nitrogen and oxygen atoms in total. The van der Waals surface area contributed by atoms with E-state index in [4.69, 9.17) is 18.9 Å². The van der Waals surface area contributed by atoms with Gasteiger partial charge in [0.25, 0.3) is 0 Å². The first-order valence-electron chi connectivity index (χ1n) is 14.8. The van der Waals surface area contributed by atoms with Gasteiger partial charge in [-0.2, -0.15) is 13.2 Å². The maximum Gasteiger partial charge on any atom is 0.471 e. The first kappa shape index (κ1) is 33.3. The molecule has 4 aliphatic rings. The summed E-state index contributed by atoms with van der Waals surface area (Å²) in [7, 11) is 1.36. The van der Waals surface area contributed by atoms with Gasteiger partial charge in [-0.05, 0) is 66.7 Å². The van der Waals surface area contributed by atoms with E-state index in [2.05, 4.69) is 0 Å². The molecule has 0 aromatic carbocycles. The molecule has 2 bridgehead atoms. The van der Waals surface area contributed by atoms with Crippen LogP contribution in [0.3, 0.4) is 0 Å². The second-order valence-corrected chi connectivity index (χ2v) is 13.6. The predicted octanol–water partition coefficient (Wildman–Crippen LogP) is 3.28. The lowest BCUT2D eigenvalue weighted by Crippen LogP contribution is -2.61. The van der Waals surface area contributed by atoms with E-state index < -0.39 is 59.0 Å². The molecular formula is C29H44F3N3O8. The standard InChI is InChI=1S/C29H44F3N3O8/c1-17(36)42-27(5,6)28(23(37)33-14-20-12-19(33)15-34(20)25(39)43-26(2,3)4)10-8-18(13-28)35(24(38)29(30,31)32)21-9-11-41-16-22(21)40-7/h18-22H,8-16H2,1-7H3/t18-,19+,20+,21+,22-,28-/m1/s1. The normalized spacial score (nSPS) is 31.3. The van der Waals surface area contributed by atoms with Crippen LogP contribution in [0.15, 0.2) is 0 Å². The number of hydrogen-bond acceptors (Lipinski definition) is 8. The zero-order chi connectivity index (χ0) is 32.1. The summed E-state index contributed by atoms with van der Waals surface area (Å²) >= 11 is 0. The SMILES string of the molecule is CO[C@@H]1COCC[C@@H]1N(C(=O)C(F)(F)F)[C@@H]1CC[C@@](C(=O)N2C[C@@H]3C[C@H]2CN3C(=O)OC(C)(C)C)(C(C)(C)OC(C)=O)C1. The van der Waals surface area contributed by atoms with E-state index in [1.165, 1.54) is 14.0 Å². The number of piperazine rings is 1. The number of amides is 3. The van der Waals surface area contributed by atoms with Crippen LogP contribution < -0.4 is 0 Å². The zero-order valence-electron chi connectivity index (χ0n) is 26.0. The van der Waals surface area contributed by atoms with Gasteiger partial charge in [-0.15, -0.1) is 0 Å². The predicted molar refractivity (Wildman–Crippen MR) is 146 cm³/mol. The molecule has 4 fully saturated rings. The molecule has 3 saturated heterocycles. The fourth-order valence-electron chi connectivity index (χ4n) is 7.42. The highest BCUT2D eigenvalue weighted by Crippen LogP contribution is 2.53. The molecule has 3 aliphatic heterocycles. The van der Waals surface area contributed by atoms with Crippen LogP contribution in [0.2, 0.25) is 0 Å². The lowest BCUT2D eigenvalue weighted by atomic mass is 9.70. The number of carbonyl (C=O) groups excluding carboxylic acids is 4. The number of nitrogens with zero attached hydrogens (tertiary/aromatic N) is 3. The van der Waals surface area contributed by atoms with Crippen LogP contribution in [0.1, 0.15) is 73.6 Å². The van der Waals surface area contributed by atoms with Gasteiger partial charge in [0.1, 0.15) is 17.3 Å². The minimum Gasteiger partial charge on any atom is -0.459 e. The minimum absolute atomic E-state index is 0.0313. The van der Waals surface area contributed by atoms with Gasteiger partial charge < -0.3 is 33.6 Å². The van der Waals surface area contributed by atoms with Gasteiger partial charge in [0.2, 0.25) is 5.91 Å². The van der Waals surface area contributed by atoms with E-state index in [1.807, 2.05) is 0 Å². The largest absolute Gasteiger partial charge is 0.471 e. The summed E-state index contributed by atoms with van der Waals surface area (Å²) in [6.45, 7) is 10.4. The Bertz CT molecular complexity index is 1110. The van der Waals surface area contributed by atoms with Crippen molar-refractivity contribution in [2.75, 3.05) is 33.4 Å². The van der Waals surface area contributed by atoms with Gasteiger partial charge >= 0.3 is 24.1 Å². The zero-order valence-corrected chi connectivity index (χ0v) is 26.0. The highest BCUT2D eigenvalue weighted by molar-refractivity contribution is 5.87. The molecule has 14 heteroatoms. The molecule has 3 amide bonds. The molecule has 6 atom stereocenters. The molecule has 1 aliphatic carbocycles. The smallest absolute Gasteiger partial charge is 0.459 e. The third-order valence-electron chi connectivity index (χ3n) is 9.38. The number of carbonyl (C=O) groups is 4. The van der Waals surface area contributed by atoms with E-state index >= 15 is 0 Å². The number of ether oxygens (including phenoxy) is 4. The summed E-state index contributed by atoms with van der Waals surface area (Å²) in [6.07, 6.45) is -5.65. The Morgan fingerprint density at radius 2 is 1.58 bits per heavy atom. The van der Waals surface area contributed by atoms with Crippen molar-refractivity contribution in [3.8, 4) is 0 Å². The molecule has 0 aromatic rings. The highest BCUT2D eigenvalue weighted by Gasteiger charge is 2.63. The topological polar surface area (TPSA) is 115 Å². The van der Waals surface area contributed by atoms with Crippen LogP contribution in [0.5, 0.6) is 0 Å². The molecule has 0 radical (unpaired) electrons. The van der Waals surface area contributed by atoms with Gasteiger partial charge in [0.15, 0.2) is 0 Å². The third kappa shape index (κ3) is 6.45. The second kappa shape index (κ2) is 11.7. The van der Waals surface area contributed by atoms with E-state index in [1.54, 1.807) is 44.4 Å². The van der Waals surface area contributed by atoms with E-state index in [-0.39, 0.29) is 70.0 Å². The van der Waals surface area contributed by atoms with E-state index in [0.717, 1.165) is 4.90 Å². The number of likely N-dealkylation sites (tertiary alicyclic amines) is 2. The number of hydrogen-bond donors (Lipinski definition) is 0. The maximum absolute atomic E-state index is 14.6. The number of rotatable bonds is 6. The summed E-state index contributed by atoms with van der Waals surface area (Å²) in [5.74, 6) is -2.98. The van der Waals surface area contributed by atoms with Gasteiger partial charge in [-0.1, -0.05) is 0 Å². The molecule has 43 heavy (non-hydrogen) atoms. The summed E-state index contributed by atoms with van der Waals surface area (Å²) in [4.78, 5) is 56.6. The average molecular weight is 620 g/mol. The molecule has 0 aromatic heterocycles. The first-order valence-corrected chi connectivity index (χ1v) is 14.8. The lowest BCUT2D eigenvalue weighted by molar-refractivity contribution is -0.198. The maximum atomic E-state index is 14.6. The lowest BCUT2D eigenvalue weighted by Gasteiger charge is -2.47. The molecule has 0 unspecified atom stereocenters. The number of alkyl halides is 3. The van der Waals surface area contributed by atoms with Crippen LogP contribution in [0.4, 0.5) is 18.0 Å². The Morgan fingerprint density at radius 1 is 0.953 bits per heavy atom. The summed E-state index contributed by atoms with van der Waals surface area (Å²) in [5, 5.41) is 0. The molecule has 244 valence electrons. The van der Waals surface area contributed by atoms with Crippen LogP contribution in [0, 0.1) is 5.41 Å².